The first kappa shape index (κ1) is 9.98. The summed E-state index contributed by atoms with van der Waals surface area (Å²) in [5.41, 5.74) is 5.27. The molecule has 13 heavy (non-hydrogen) atoms. The summed E-state index contributed by atoms with van der Waals surface area (Å²) in [6, 6.07) is 2.96. The molecule has 0 bridgehead atoms. The van der Waals surface area contributed by atoms with Crippen LogP contribution in [-0.2, 0) is 6.42 Å². The lowest BCUT2D eigenvalue weighted by Gasteiger charge is -2.14. The van der Waals surface area contributed by atoms with Crippen LogP contribution in [0.5, 0.6) is 0 Å². The van der Waals surface area contributed by atoms with E-state index in [-0.39, 0.29) is 6.42 Å². The van der Waals surface area contributed by atoms with Crippen LogP contribution in [0.15, 0.2) is 24.4 Å². The fraction of sp³-hybridized carbons (Fsp3) is 0.375. The molecule has 0 saturated heterocycles. The van der Waals surface area contributed by atoms with E-state index >= 15 is 0 Å². The first-order chi connectivity index (χ1) is 6.00. The molecule has 0 aliphatic heterocycles. The minimum atomic E-state index is -4.35. The van der Waals surface area contributed by atoms with Crippen molar-refractivity contribution in [3.8, 4) is 0 Å². The molecule has 0 saturated carbocycles. The summed E-state index contributed by atoms with van der Waals surface area (Å²) >= 11 is 0. The summed E-state index contributed by atoms with van der Waals surface area (Å²) < 4.78 is 35.9. The first-order valence-electron chi connectivity index (χ1n) is 3.72. The van der Waals surface area contributed by atoms with Crippen molar-refractivity contribution < 1.29 is 13.2 Å². The third-order valence-electron chi connectivity index (χ3n) is 1.58. The molecule has 2 nitrogen and oxygen atoms in total. The third-order valence-corrected chi connectivity index (χ3v) is 1.58. The summed E-state index contributed by atoms with van der Waals surface area (Å²) in [5.74, 6) is 0. The summed E-state index contributed by atoms with van der Waals surface area (Å²) in [4.78, 5) is 3.75. The number of alkyl halides is 3. The number of hydrogen-bond donors (Lipinski definition) is 1. The molecule has 0 aromatic carbocycles. The van der Waals surface area contributed by atoms with Crippen LogP contribution in [0.3, 0.4) is 0 Å². The number of halogens is 3. The maximum atomic E-state index is 12.0. The van der Waals surface area contributed by atoms with Gasteiger partial charge in [-0.2, -0.15) is 13.2 Å². The van der Waals surface area contributed by atoms with Crippen molar-refractivity contribution >= 4 is 0 Å². The van der Waals surface area contributed by atoms with Gasteiger partial charge in [0.15, 0.2) is 0 Å². The molecule has 0 amide bonds. The molecule has 1 heterocycles. The van der Waals surface area contributed by atoms with Crippen molar-refractivity contribution in [3.05, 3.63) is 30.1 Å². The monoisotopic (exact) mass is 190 g/mol. The number of nitrogens with zero attached hydrogens (tertiary/aromatic N) is 1. The maximum Gasteiger partial charge on any atom is 0.404 e. The second-order valence-corrected chi connectivity index (χ2v) is 2.67. The Morgan fingerprint density at radius 2 is 2.08 bits per heavy atom. The summed E-state index contributed by atoms with van der Waals surface area (Å²) in [6.07, 6.45) is -3.18. The number of aromatic nitrogens is 1. The lowest BCUT2D eigenvalue weighted by molar-refractivity contribution is -0.147. The maximum absolute atomic E-state index is 12.0. The minimum Gasteiger partial charge on any atom is -0.320 e. The topological polar surface area (TPSA) is 38.9 Å². The Hall–Kier alpha value is -1.10. The van der Waals surface area contributed by atoms with Crippen LogP contribution in [0.25, 0.3) is 0 Å². The van der Waals surface area contributed by atoms with Crippen molar-refractivity contribution in [2.45, 2.75) is 18.6 Å². The molecule has 0 aliphatic carbocycles. The number of nitrogens with two attached hydrogens (primary N) is 1. The van der Waals surface area contributed by atoms with Gasteiger partial charge in [-0.15, -0.1) is 0 Å². The smallest absolute Gasteiger partial charge is 0.320 e. The summed E-state index contributed by atoms with van der Waals surface area (Å²) in [7, 11) is 0. The van der Waals surface area contributed by atoms with Gasteiger partial charge >= 0.3 is 6.18 Å². The SMILES string of the molecule is NC(Cc1ccccn1)C(F)(F)F. The lowest BCUT2D eigenvalue weighted by atomic mass is 10.1. The van der Waals surface area contributed by atoms with E-state index in [0.717, 1.165) is 0 Å². The highest BCUT2D eigenvalue weighted by Gasteiger charge is 2.36. The summed E-state index contributed by atoms with van der Waals surface area (Å²) in [5, 5.41) is 0. The van der Waals surface area contributed by atoms with Gasteiger partial charge in [0.2, 0.25) is 0 Å². The number of pyridine rings is 1. The zero-order chi connectivity index (χ0) is 9.90. The Bertz CT molecular complexity index is 258. The molecular formula is C8H9F3N2. The van der Waals surface area contributed by atoms with Gasteiger partial charge in [-0.1, -0.05) is 6.07 Å². The molecule has 0 spiro atoms. The van der Waals surface area contributed by atoms with Gasteiger partial charge in [-0.05, 0) is 12.1 Å². The Labute approximate surface area is 73.6 Å². The molecule has 5 heteroatoms. The van der Waals surface area contributed by atoms with E-state index in [9.17, 15) is 13.2 Å². The molecule has 0 aliphatic rings. The highest BCUT2D eigenvalue weighted by atomic mass is 19.4. The largest absolute Gasteiger partial charge is 0.404 e. The van der Waals surface area contributed by atoms with Crippen LogP contribution < -0.4 is 5.73 Å². The van der Waals surface area contributed by atoms with Crippen molar-refractivity contribution in [2.75, 3.05) is 0 Å². The fourth-order valence-corrected chi connectivity index (χ4v) is 0.860. The Morgan fingerprint density at radius 1 is 1.38 bits per heavy atom. The standard InChI is InChI=1S/C8H9F3N2/c9-8(10,11)7(12)5-6-3-1-2-4-13-6/h1-4,7H,5,12H2. The highest BCUT2D eigenvalue weighted by Crippen LogP contribution is 2.20. The zero-order valence-corrected chi connectivity index (χ0v) is 6.75. The van der Waals surface area contributed by atoms with Crippen LogP contribution in [-0.4, -0.2) is 17.2 Å². The Balaban J connectivity index is 2.61. The van der Waals surface area contributed by atoms with E-state index in [2.05, 4.69) is 4.98 Å². The van der Waals surface area contributed by atoms with Gasteiger partial charge in [-0.3, -0.25) is 4.98 Å². The molecule has 0 fully saturated rings. The predicted octanol–water partition coefficient (Wildman–Crippen LogP) is 1.51. The van der Waals surface area contributed by atoms with Crippen LogP contribution in [0.1, 0.15) is 5.69 Å². The Kier molecular flexibility index (Phi) is 2.87. The lowest BCUT2D eigenvalue weighted by Crippen LogP contribution is -2.39. The van der Waals surface area contributed by atoms with Gasteiger partial charge in [0, 0.05) is 18.3 Å². The molecule has 1 atom stereocenters. The van der Waals surface area contributed by atoms with E-state index in [1.807, 2.05) is 0 Å². The number of hydrogen-bond acceptors (Lipinski definition) is 2. The van der Waals surface area contributed by atoms with Crippen LogP contribution >= 0.6 is 0 Å². The van der Waals surface area contributed by atoms with Crippen molar-refractivity contribution in [1.29, 1.82) is 0 Å². The van der Waals surface area contributed by atoms with E-state index in [1.54, 1.807) is 12.1 Å². The van der Waals surface area contributed by atoms with Gasteiger partial charge < -0.3 is 5.73 Å². The van der Waals surface area contributed by atoms with Crippen molar-refractivity contribution in [2.24, 2.45) is 5.73 Å². The second kappa shape index (κ2) is 3.74. The molecule has 72 valence electrons. The van der Waals surface area contributed by atoms with Crippen LogP contribution in [0.2, 0.25) is 0 Å². The van der Waals surface area contributed by atoms with E-state index in [1.165, 1.54) is 12.3 Å². The number of rotatable bonds is 2. The minimum absolute atomic E-state index is 0.273. The molecule has 1 unspecified atom stereocenters. The van der Waals surface area contributed by atoms with Gasteiger partial charge in [0.25, 0.3) is 0 Å². The molecule has 1 rings (SSSR count). The zero-order valence-electron chi connectivity index (χ0n) is 6.75. The van der Waals surface area contributed by atoms with E-state index in [4.69, 9.17) is 5.73 Å². The van der Waals surface area contributed by atoms with Crippen LogP contribution in [0, 0.1) is 0 Å². The molecular weight excluding hydrogens is 181 g/mol. The van der Waals surface area contributed by atoms with Crippen molar-refractivity contribution in [1.82, 2.24) is 4.98 Å². The molecule has 1 aromatic rings. The highest BCUT2D eigenvalue weighted by molar-refractivity contribution is 5.05. The van der Waals surface area contributed by atoms with E-state index in [0.29, 0.717) is 5.69 Å². The normalized spacial score (nSPS) is 14.2. The van der Waals surface area contributed by atoms with E-state index < -0.39 is 12.2 Å². The average molecular weight is 190 g/mol. The predicted molar refractivity (Wildman–Crippen MR) is 42.0 cm³/mol. The molecule has 1 aromatic heterocycles. The van der Waals surface area contributed by atoms with Crippen LogP contribution in [0.4, 0.5) is 13.2 Å². The van der Waals surface area contributed by atoms with Gasteiger partial charge in [0.1, 0.15) is 6.04 Å². The second-order valence-electron chi connectivity index (χ2n) is 2.67. The fourth-order valence-electron chi connectivity index (χ4n) is 0.860. The quantitative estimate of drug-likeness (QED) is 0.767. The van der Waals surface area contributed by atoms with Gasteiger partial charge in [0.05, 0.1) is 0 Å². The third kappa shape index (κ3) is 3.02. The molecule has 2 N–H and O–H groups in total. The Morgan fingerprint density at radius 3 is 2.54 bits per heavy atom. The summed E-state index contributed by atoms with van der Waals surface area (Å²) in [6.45, 7) is 0. The molecule has 0 radical (unpaired) electrons. The van der Waals surface area contributed by atoms with Gasteiger partial charge in [-0.25, -0.2) is 0 Å². The van der Waals surface area contributed by atoms with Crippen molar-refractivity contribution in [3.63, 3.8) is 0 Å². The first-order valence-corrected chi connectivity index (χ1v) is 3.72. The average Bonchev–Trinajstić information content (AvgIpc) is 2.04.